The zero-order valence-corrected chi connectivity index (χ0v) is 11.4. The number of aromatic nitrogens is 1. The molecule has 2 heterocycles. The Morgan fingerprint density at radius 1 is 1.42 bits per heavy atom. The van der Waals surface area contributed by atoms with Gasteiger partial charge < -0.3 is 20.3 Å². The lowest BCUT2D eigenvalue weighted by Crippen LogP contribution is -2.49. The first-order valence-corrected chi connectivity index (χ1v) is 6.35. The van der Waals surface area contributed by atoms with Gasteiger partial charge in [0.1, 0.15) is 12.4 Å². The highest BCUT2D eigenvalue weighted by atomic mass is 16.5. The van der Waals surface area contributed by atoms with Crippen molar-refractivity contribution in [3.05, 3.63) is 17.8 Å². The van der Waals surface area contributed by atoms with E-state index in [4.69, 9.17) is 10.5 Å². The maximum Gasteiger partial charge on any atom is 0.248 e. The zero-order valence-electron chi connectivity index (χ0n) is 11.4. The summed E-state index contributed by atoms with van der Waals surface area (Å²) in [4.78, 5) is 19.9. The van der Waals surface area contributed by atoms with Crippen LogP contribution in [0.15, 0.2) is 12.3 Å². The van der Waals surface area contributed by atoms with E-state index >= 15 is 0 Å². The van der Waals surface area contributed by atoms with Gasteiger partial charge in [-0.15, -0.1) is 0 Å². The fourth-order valence-electron chi connectivity index (χ4n) is 2.17. The monoisotopic (exact) mass is 264 g/mol. The van der Waals surface area contributed by atoms with Crippen LogP contribution < -0.4 is 10.6 Å². The molecule has 6 heteroatoms. The fourth-order valence-corrected chi connectivity index (χ4v) is 2.17. The highest BCUT2D eigenvalue weighted by Gasteiger charge is 2.21. The van der Waals surface area contributed by atoms with Gasteiger partial charge in [-0.2, -0.15) is 0 Å². The quantitative estimate of drug-likeness (QED) is 0.848. The van der Waals surface area contributed by atoms with Crippen LogP contribution in [-0.2, 0) is 9.53 Å². The average Bonchev–Trinajstić information content (AvgIpc) is 2.42. The van der Waals surface area contributed by atoms with Crippen LogP contribution in [0, 0.1) is 6.92 Å². The number of carbonyl (C=O) groups excluding carboxylic acids is 1. The minimum absolute atomic E-state index is 0.0498. The molecule has 0 bridgehead atoms. The molecule has 6 nitrogen and oxygen atoms in total. The van der Waals surface area contributed by atoms with Gasteiger partial charge in [0.2, 0.25) is 5.91 Å². The van der Waals surface area contributed by atoms with Gasteiger partial charge in [0.05, 0.1) is 11.9 Å². The molecule has 1 aromatic heterocycles. The van der Waals surface area contributed by atoms with Crippen molar-refractivity contribution in [2.75, 3.05) is 50.5 Å². The lowest BCUT2D eigenvalue weighted by atomic mass is 10.2. The van der Waals surface area contributed by atoms with Crippen LogP contribution in [0.25, 0.3) is 0 Å². The van der Waals surface area contributed by atoms with Gasteiger partial charge in [-0.3, -0.25) is 4.79 Å². The van der Waals surface area contributed by atoms with Crippen molar-refractivity contribution in [1.29, 1.82) is 0 Å². The lowest BCUT2D eigenvalue weighted by molar-refractivity contribution is -0.135. The second-order valence-electron chi connectivity index (χ2n) is 4.70. The summed E-state index contributed by atoms with van der Waals surface area (Å²) < 4.78 is 4.87. The van der Waals surface area contributed by atoms with E-state index < -0.39 is 0 Å². The molecule has 0 aliphatic carbocycles. The van der Waals surface area contributed by atoms with Crippen LogP contribution in [0.5, 0.6) is 0 Å². The van der Waals surface area contributed by atoms with E-state index in [0.29, 0.717) is 18.9 Å². The molecule has 0 radical (unpaired) electrons. The average molecular weight is 264 g/mol. The van der Waals surface area contributed by atoms with Crippen molar-refractivity contribution in [1.82, 2.24) is 9.88 Å². The minimum atomic E-state index is 0.0498. The number of methoxy groups -OCH3 is 1. The second-order valence-corrected chi connectivity index (χ2v) is 4.70. The Morgan fingerprint density at radius 2 is 2.11 bits per heavy atom. The van der Waals surface area contributed by atoms with Crippen LogP contribution in [0.1, 0.15) is 5.56 Å². The molecule has 104 valence electrons. The molecule has 0 saturated carbocycles. The van der Waals surface area contributed by atoms with Crippen molar-refractivity contribution < 1.29 is 9.53 Å². The van der Waals surface area contributed by atoms with Crippen molar-refractivity contribution in [3.8, 4) is 0 Å². The number of nitrogens with two attached hydrogens (primary N) is 1. The van der Waals surface area contributed by atoms with E-state index in [1.807, 2.05) is 17.9 Å². The molecule has 0 atom stereocenters. The molecule has 1 saturated heterocycles. The smallest absolute Gasteiger partial charge is 0.248 e. The van der Waals surface area contributed by atoms with E-state index in [2.05, 4.69) is 9.88 Å². The van der Waals surface area contributed by atoms with Gasteiger partial charge in [0.25, 0.3) is 0 Å². The number of anilines is 2. The summed E-state index contributed by atoms with van der Waals surface area (Å²) in [5.41, 5.74) is 7.76. The van der Waals surface area contributed by atoms with E-state index in [1.165, 1.54) is 7.11 Å². The topological polar surface area (TPSA) is 71.7 Å². The minimum Gasteiger partial charge on any atom is -0.383 e. The van der Waals surface area contributed by atoms with E-state index in [0.717, 1.165) is 24.3 Å². The largest absolute Gasteiger partial charge is 0.383 e. The standard InChI is InChI=1S/C13H20N4O2/c1-10-7-11(8-15-13(10)14)16-3-5-17(6-4-16)12(18)9-19-2/h7-8H,3-6,9H2,1-2H3,(H2,14,15). The SMILES string of the molecule is COCC(=O)N1CCN(c2cnc(N)c(C)c2)CC1. The molecular formula is C13H20N4O2. The first-order valence-electron chi connectivity index (χ1n) is 6.35. The van der Waals surface area contributed by atoms with Gasteiger partial charge in [0, 0.05) is 33.3 Å². The number of aryl methyl sites for hydroxylation is 1. The highest BCUT2D eigenvalue weighted by Crippen LogP contribution is 2.19. The Kier molecular flexibility index (Phi) is 4.21. The number of carbonyl (C=O) groups is 1. The van der Waals surface area contributed by atoms with Gasteiger partial charge >= 0.3 is 0 Å². The van der Waals surface area contributed by atoms with Crippen molar-refractivity contribution in [2.45, 2.75) is 6.92 Å². The third-order valence-electron chi connectivity index (χ3n) is 3.37. The second kappa shape index (κ2) is 5.88. The van der Waals surface area contributed by atoms with Gasteiger partial charge in [-0.25, -0.2) is 4.98 Å². The molecule has 1 fully saturated rings. The number of rotatable bonds is 3. The maximum absolute atomic E-state index is 11.7. The van der Waals surface area contributed by atoms with Crippen LogP contribution >= 0.6 is 0 Å². The van der Waals surface area contributed by atoms with Crippen molar-refractivity contribution >= 4 is 17.4 Å². The summed E-state index contributed by atoms with van der Waals surface area (Å²) in [6.45, 7) is 5.14. The molecule has 1 aromatic rings. The number of amides is 1. The fraction of sp³-hybridized carbons (Fsp3) is 0.538. The summed E-state index contributed by atoms with van der Waals surface area (Å²) in [6, 6.07) is 2.04. The van der Waals surface area contributed by atoms with E-state index in [9.17, 15) is 4.79 Å². The van der Waals surface area contributed by atoms with Crippen LogP contribution in [0.4, 0.5) is 11.5 Å². The molecule has 19 heavy (non-hydrogen) atoms. The number of hydrogen-bond donors (Lipinski definition) is 1. The number of nitrogen functional groups attached to an aromatic ring is 1. The molecule has 0 spiro atoms. The first-order chi connectivity index (χ1) is 9.11. The Bertz CT molecular complexity index is 456. The third kappa shape index (κ3) is 3.14. The third-order valence-corrected chi connectivity index (χ3v) is 3.37. The molecular weight excluding hydrogens is 244 g/mol. The van der Waals surface area contributed by atoms with Gasteiger partial charge in [0.15, 0.2) is 0 Å². The van der Waals surface area contributed by atoms with E-state index in [-0.39, 0.29) is 12.5 Å². The molecule has 1 aliphatic heterocycles. The molecule has 0 aromatic carbocycles. The summed E-state index contributed by atoms with van der Waals surface area (Å²) in [6.07, 6.45) is 1.79. The van der Waals surface area contributed by atoms with E-state index in [1.54, 1.807) is 6.20 Å². The van der Waals surface area contributed by atoms with Crippen molar-refractivity contribution in [2.24, 2.45) is 0 Å². The Labute approximate surface area is 113 Å². The lowest BCUT2D eigenvalue weighted by Gasteiger charge is -2.36. The first kappa shape index (κ1) is 13.6. The Balaban J connectivity index is 1.96. The van der Waals surface area contributed by atoms with Crippen LogP contribution in [0.2, 0.25) is 0 Å². The van der Waals surface area contributed by atoms with Gasteiger partial charge in [-0.1, -0.05) is 0 Å². The molecule has 2 rings (SSSR count). The van der Waals surface area contributed by atoms with Crippen LogP contribution in [-0.4, -0.2) is 55.7 Å². The number of piperazine rings is 1. The normalized spacial score (nSPS) is 15.7. The predicted molar refractivity (Wildman–Crippen MR) is 74.1 cm³/mol. The predicted octanol–water partition coefficient (Wildman–Crippen LogP) is 0.267. The molecule has 0 unspecified atom stereocenters. The number of ether oxygens (including phenoxy) is 1. The molecule has 1 aliphatic rings. The maximum atomic E-state index is 11.7. The molecule has 1 amide bonds. The summed E-state index contributed by atoms with van der Waals surface area (Å²) in [7, 11) is 1.54. The Morgan fingerprint density at radius 3 is 2.68 bits per heavy atom. The number of hydrogen-bond acceptors (Lipinski definition) is 5. The van der Waals surface area contributed by atoms with Gasteiger partial charge in [-0.05, 0) is 18.6 Å². The van der Waals surface area contributed by atoms with Crippen molar-refractivity contribution in [3.63, 3.8) is 0 Å². The summed E-state index contributed by atoms with van der Waals surface area (Å²) >= 11 is 0. The number of pyridine rings is 1. The number of nitrogens with zero attached hydrogens (tertiary/aromatic N) is 3. The summed E-state index contributed by atoms with van der Waals surface area (Å²) in [5, 5.41) is 0. The highest BCUT2D eigenvalue weighted by molar-refractivity contribution is 5.77. The molecule has 2 N–H and O–H groups in total. The Hall–Kier alpha value is -1.82. The van der Waals surface area contributed by atoms with Crippen LogP contribution in [0.3, 0.4) is 0 Å². The zero-order chi connectivity index (χ0) is 13.8. The summed E-state index contributed by atoms with van der Waals surface area (Å²) in [5.74, 6) is 0.617.